The Hall–Kier alpha value is -2.02. The summed E-state index contributed by atoms with van der Waals surface area (Å²) in [5.41, 5.74) is 6.68. The maximum Gasteiger partial charge on any atom is 0.209 e. The minimum absolute atomic E-state index is 0.00447. The fraction of sp³-hybridized carbons (Fsp3) is 0.357. The number of allylic oxidation sites excluding steroid dienone is 2. The van der Waals surface area contributed by atoms with Gasteiger partial charge in [0, 0.05) is 56.1 Å². The van der Waals surface area contributed by atoms with E-state index in [9.17, 15) is 9.90 Å². The number of hydrogen-bond acceptors (Lipinski definition) is 3. The van der Waals surface area contributed by atoms with Gasteiger partial charge in [0.15, 0.2) is 11.5 Å². The maximum absolute atomic E-state index is 13.3. The first kappa shape index (κ1) is 23.7. The largest absolute Gasteiger partial charge is 0.387 e. The lowest BCUT2D eigenvalue weighted by atomic mass is 9.71. The van der Waals surface area contributed by atoms with Crippen molar-refractivity contribution in [2.45, 2.75) is 44.6 Å². The molecule has 5 rings (SSSR count). The smallest absolute Gasteiger partial charge is 0.209 e. The number of aliphatic hydroxyl groups is 1. The van der Waals surface area contributed by atoms with Crippen molar-refractivity contribution >= 4 is 54.7 Å². The van der Waals surface area contributed by atoms with Crippen LogP contribution >= 0.6 is 31.9 Å². The molecule has 1 saturated carbocycles. The lowest BCUT2D eigenvalue weighted by Gasteiger charge is -2.35. The minimum Gasteiger partial charge on any atom is -0.387 e. The van der Waals surface area contributed by atoms with Crippen molar-refractivity contribution in [2.24, 2.45) is 5.92 Å². The highest BCUT2D eigenvalue weighted by atomic mass is 79.9. The Kier molecular flexibility index (Phi) is 5.40. The number of likely N-dealkylation sites (N-methyl/N-ethyl adjacent to an activating group) is 1. The second-order valence-electron chi connectivity index (χ2n) is 10.6. The molecular weight excluding hydrogens is 556 g/mol. The lowest BCUT2D eigenvalue weighted by molar-refractivity contribution is -0.401. The molecule has 2 atom stereocenters. The normalized spacial score (nSPS) is 26.9. The van der Waals surface area contributed by atoms with Gasteiger partial charge in [-0.15, -0.1) is 0 Å². The van der Waals surface area contributed by atoms with Crippen molar-refractivity contribution in [3.8, 4) is 0 Å². The Morgan fingerprint density at radius 2 is 1.62 bits per heavy atom. The van der Waals surface area contributed by atoms with Crippen molar-refractivity contribution in [3.05, 3.63) is 79.9 Å². The number of nitrogens with zero attached hydrogens (tertiary/aromatic N) is 2. The first-order valence-electron chi connectivity index (χ1n) is 11.5. The molecule has 2 unspecified atom stereocenters. The van der Waals surface area contributed by atoms with E-state index in [0.29, 0.717) is 5.57 Å². The molecule has 2 aliphatic heterocycles. The van der Waals surface area contributed by atoms with Gasteiger partial charge in [0.25, 0.3) is 0 Å². The first-order chi connectivity index (χ1) is 15.9. The minimum atomic E-state index is -0.813. The molecule has 0 amide bonds. The number of aliphatic hydroxyl groups excluding tert-OH is 1. The number of halogens is 2. The van der Waals surface area contributed by atoms with Gasteiger partial charge in [0.2, 0.25) is 5.69 Å². The van der Waals surface area contributed by atoms with Crippen LogP contribution in [0.2, 0.25) is 0 Å². The average molecular weight is 585 g/mol. The van der Waals surface area contributed by atoms with E-state index in [2.05, 4.69) is 93.3 Å². The van der Waals surface area contributed by atoms with E-state index in [0.717, 1.165) is 31.7 Å². The second kappa shape index (κ2) is 7.74. The molecule has 34 heavy (non-hydrogen) atoms. The number of fused-ring (bicyclic) bond motifs is 2. The number of Topliss-reactive ketones (excluding diaryl/α,β-unsaturated/α-hetero) is 1. The fourth-order valence-corrected chi connectivity index (χ4v) is 6.52. The molecule has 2 heterocycles. The van der Waals surface area contributed by atoms with Crippen LogP contribution in [0, 0.1) is 5.92 Å². The Bertz CT molecular complexity index is 1350. The highest BCUT2D eigenvalue weighted by Gasteiger charge is 2.49. The van der Waals surface area contributed by atoms with Crippen LogP contribution in [0.4, 0.5) is 11.4 Å². The van der Waals surface area contributed by atoms with E-state index in [1.807, 2.05) is 38.4 Å². The molecule has 6 heteroatoms. The summed E-state index contributed by atoms with van der Waals surface area (Å²) in [4.78, 5) is 15.4. The van der Waals surface area contributed by atoms with Crippen molar-refractivity contribution in [3.63, 3.8) is 0 Å². The van der Waals surface area contributed by atoms with E-state index in [4.69, 9.17) is 0 Å². The van der Waals surface area contributed by atoms with Crippen LogP contribution in [0.5, 0.6) is 0 Å². The quantitative estimate of drug-likeness (QED) is 0.347. The SMILES string of the molecule is CN1C(=CC2C(=O)C(=CC3=[N+](C)c4ccc(Br)cc4C3(C)C)C2O)C(C)(C)c2cc(Br)ccc21. The van der Waals surface area contributed by atoms with E-state index in [-0.39, 0.29) is 16.6 Å². The number of carbonyl (C=O) groups excluding carboxylic acids is 1. The highest BCUT2D eigenvalue weighted by Crippen LogP contribution is 2.49. The predicted molar refractivity (Wildman–Crippen MR) is 144 cm³/mol. The molecule has 1 aliphatic carbocycles. The van der Waals surface area contributed by atoms with Crippen LogP contribution in [0.1, 0.15) is 38.8 Å². The molecule has 0 radical (unpaired) electrons. The summed E-state index contributed by atoms with van der Waals surface area (Å²) >= 11 is 7.16. The van der Waals surface area contributed by atoms with Crippen molar-refractivity contribution in [1.82, 2.24) is 0 Å². The molecule has 2 aromatic carbocycles. The second-order valence-corrected chi connectivity index (χ2v) is 12.4. The standard InChI is InChI=1S/C28H29Br2N2O2/c1-27(2)19-11-15(29)7-9-21(19)31(5)23(27)13-17-25(33)18(26(17)34)14-24-28(3,4)20-12-16(30)8-10-22(20)32(24)6/h7-14,17,25,33H,1-6H3/q+1. The molecule has 4 nitrogen and oxygen atoms in total. The highest BCUT2D eigenvalue weighted by molar-refractivity contribution is 9.10. The van der Waals surface area contributed by atoms with Gasteiger partial charge in [-0.25, -0.2) is 0 Å². The van der Waals surface area contributed by atoms with Crippen LogP contribution < -0.4 is 4.90 Å². The summed E-state index contributed by atoms with van der Waals surface area (Å²) in [5, 5.41) is 11.1. The van der Waals surface area contributed by atoms with Gasteiger partial charge in [-0.1, -0.05) is 51.8 Å². The van der Waals surface area contributed by atoms with Gasteiger partial charge >= 0.3 is 0 Å². The van der Waals surface area contributed by atoms with Crippen LogP contribution in [0.25, 0.3) is 0 Å². The predicted octanol–water partition coefficient (Wildman–Crippen LogP) is 6.02. The van der Waals surface area contributed by atoms with Crippen molar-refractivity contribution in [1.29, 1.82) is 0 Å². The van der Waals surface area contributed by atoms with Crippen molar-refractivity contribution in [2.75, 3.05) is 19.0 Å². The third kappa shape index (κ3) is 3.25. The van der Waals surface area contributed by atoms with Gasteiger partial charge in [0.05, 0.1) is 17.4 Å². The van der Waals surface area contributed by atoms with Gasteiger partial charge in [-0.2, -0.15) is 4.58 Å². The van der Waals surface area contributed by atoms with Crippen LogP contribution in [-0.2, 0) is 15.6 Å². The summed E-state index contributed by atoms with van der Waals surface area (Å²) < 4.78 is 4.19. The van der Waals surface area contributed by atoms with Gasteiger partial charge < -0.3 is 10.0 Å². The summed E-state index contributed by atoms with van der Waals surface area (Å²) in [7, 11) is 4.05. The topological polar surface area (TPSA) is 43.5 Å². The zero-order chi connectivity index (χ0) is 24.7. The molecule has 0 saturated heterocycles. The molecule has 0 bridgehead atoms. The number of ketones is 1. The summed E-state index contributed by atoms with van der Waals surface area (Å²) in [6.45, 7) is 8.66. The zero-order valence-electron chi connectivity index (χ0n) is 20.3. The number of hydrogen-bond donors (Lipinski definition) is 1. The van der Waals surface area contributed by atoms with Crippen LogP contribution in [-0.4, -0.2) is 41.4 Å². The van der Waals surface area contributed by atoms with E-state index < -0.39 is 12.0 Å². The van der Waals surface area contributed by atoms with Gasteiger partial charge in [0.1, 0.15) is 7.05 Å². The van der Waals surface area contributed by atoms with E-state index >= 15 is 0 Å². The molecule has 3 aliphatic rings. The lowest BCUT2D eigenvalue weighted by Crippen LogP contribution is -2.46. The van der Waals surface area contributed by atoms with Crippen LogP contribution in [0.3, 0.4) is 0 Å². The summed E-state index contributed by atoms with van der Waals surface area (Å²) in [6, 6.07) is 12.5. The third-order valence-electron chi connectivity index (χ3n) is 7.87. The molecule has 0 aromatic heterocycles. The average Bonchev–Trinajstić information content (AvgIpc) is 3.07. The van der Waals surface area contributed by atoms with Gasteiger partial charge in [-0.05, 0) is 49.7 Å². The number of benzene rings is 2. The monoisotopic (exact) mass is 583 g/mol. The molecular formula is C28H29Br2N2O2+. The summed E-state index contributed by atoms with van der Waals surface area (Å²) in [6.07, 6.45) is 3.07. The fourth-order valence-electron chi connectivity index (χ4n) is 5.79. The Morgan fingerprint density at radius 1 is 1.00 bits per heavy atom. The molecule has 1 N–H and O–H groups in total. The Morgan fingerprint density at radius 3 is 2.26 bits per heavy atom. The number of anilines is 1. The zero-order valence-corrected chi connectivity index (χ0v) is 23.5. The molecule has 2 aromatic rings. The Labute approximate surface area is 217 Å². The Balaban J connectivity index is 1.48. The van der Waals surface area contributed by atoms with E-state index in [1.54, 1.807) is 0 Å². The van der Waals surface area contributed by atoms with Crippen LogP contribution in [0.15, 0.2) is 68.8 Å². The number of carbonyl (C=O) groups is 1. The van der Waals surface area contributed by atoms with Crippen molar-refractivity contribution < 1.29 is 14.5 Å². The molecule has 176 valence electrons. The molecule has 0 spiro atoms. The number of rotatable bonds is 2. The van der Waals surface area contributed by atoms with Gasteiger partial charge in [-0.3, -0.25) is 4.79 Å². The third-order valence-corrected chi connectivity index (χ3v) is 8.85. The van der Waals surface area contributed by atoms with E-state index in [1.165, 1.54) is 11.1 Å². The summed E-state index contributed by atoms with van der Waals surface area (Å²) in [5.74, 6) is -0.539. The molecule has 1 fully saturated rings. The first-order valence-corrected chi connectivity index (χ1v) is 13.1. The maximum atomic E-state index is 13.3.